The largest absolute Gasteiger partial charge is 0.384 e. The van der Waals surface area contributed by atoms with Crippen LogP contribution >= 0.6 is 0 Å². The number of rotatable bonds is 5. The van der Waals surface area contributed by atoms with E-state index in [9.17, 15) is 9.90 Å². The summed E-state index contributed by atoms with van der Waals surface area (Å²) in [4.78, 5) is 27.7. The molecule has 8 heteroatoms. The first-order chi connectivity index (χ1) is 13.8. The SMILES string of the molecule is CO[C@@H]1CC[C@@H](CN2CC(=O)Nc3ncc(-c4ccc(C(C)(C)O)nc4)nc32)C1. The van der Waals surface area contributed by atoms with Crippen LogP contribution in [0.1, 0.15) is 38.8 Å². The fourth-order valence-electron chi connectivity index (χ4n) is 4.03. The first-order valence-corrected chi connectivity index (χ1v) is 9.97. The summed E-state index contributed by atoms with van der Waals surface area (Å²) in [7, 11) is 1.76. The van der Waals surface area contributed by atoms with E-state index in [1.165, 1.54) is 0 Å². The van der Waals surface area contributed by atoms with Gasteiger partial charge in [0.05, 0.1) is 30.2 Å². The second-order valence-electron chi connectivity index (χ2n) is 8.38. The van der Waals surface area contributed by atoms with Gasteiger partial charge in [-0.2, -0.15) is 0 Å². The third kappa shape index (κ3) is 4.23. The van der Waals surface area contributed by atoms with Gasteiger partial charge < -0.3 is 20.1 Å². The highest BCUT2D eigenvalue weighted by Gasteiger charge is 2.31. The molecule has 0 aromatic carbocycles. The van der Waals surface area contributed by atoms with E-state index in [1.54, 1.807) is 39.4 Å². The molecule has 2 aromatic rings. The number of fused-ring (bicyclic) bond motifs is 1. The van der Waals surface area contributed by atoms with Crippen LogP contribution in [0, 0.1) is 5.92 Å². The van der Waals surface area contributed by atoms with Crippen molar-refractivity contribution in [2.45, 2.75) is 44.8 Å². The number of aliphatic hydroxyl groups is 1. The molecule has 1 saturated carbocycles. The second-order valence-corrected chi connectivity index (χ2v) is 8.38. The van der Waals surface area contributed by atoms with E-state index in [1.807, 2.05) is 11.0 Å². The van der Waals surface area contributed by atoms with E-state index in [2.05, 4.69) is 15.3 Å². The molecule has 154 valence electrons. The summed E-state index contributed by atoms with van der Waals surface area (Å²) in [6.45, 7) is 4.43. The van der Waals surface area contributed by atoms with Gasteiger partial charge in [0, 0.05) is 25.4 Å². The van der Waals surface area contributed by atoms with Crippen molar-refractivity contribution < 1.29 is 14.6 Å². The molecule has 29 heavy (non-hydrogen) atoms. The molecule has 0 bridgehead atoms. The zero-order chi connectivity index (χ0) is 20.6. The quantitative estimate of drug-likeness (QED) is 0.799. The monoisotopic (exact) mass is 397 g/mol. The number of aromatic nitrogens is 3. The summed E-state index contributed by atoms with van der Waals surface area (Å²) in [6.07, 6.45) is 6.77. The maximum absolute atomic E-state index is 12.1. The van der Waals surface area contributed by atoms with Gasteiger partial charge in [0.1, 0.15) is 5.60 Å². The van der Waals surface area contributed by atoms with Gasteiger partial charge in [0.2, 0.25) is 5.91 Å². The average molecular weight is 397 g/mol. The van der Waals surface area contributed by atoms with Crippen LogP contribution in [0.2, 0.25) is 0 Å². The van der Waals surface area contributed by atoms with Crippen molar-refractivity contribution in [3.63, 3.8) is 0 Å². The molecule has 2 aliphatic rings. The van der Waals surface area contributed by atoms with E-state index in [0.29, 0.717) is 35.0 Å². The Balaban J connectivity index is 1.59. The van der Waals surface area contributed by atoms with Gasteiger partial charge in [-0.15, -0.1) is 0 Å². The number of carbonyl (C=O) groups is 1. The molecule has 0 unspecified atom stereocenters. The summed E-state index contributed by atoms with van der Waals surface area (Å²) < 4.78 is 5.48. The van der Waals surface area contributed by atoms with Crippen molar-refractivity contribution >= 4 is 17.5 Å². The first-order valence-electron chi connectivity index (χ1n) is 9.97. The van der Waals surface area contributed by atoms with Crippen molar-refractivity contribution in [1.82, 2.24) is 15.0 Å². The number of hydrogen-bond acceptors (Lipinski definition) is 7. The van der Waals surface area contributed by atoms with Crippen LogP contribution in [-0.2, 0) is 15.1 Å². The lowest BCUT2D eigenvalue weighted by Gasteiger charge is -2.31. The molecule has 1 aliphatic heterocycles. The fourth-order valence-corrected chi connectivity index (χ4v) is 4.03. The lowest BCUT2D eigenvalue weighted by molar-refractivity contribution is -0.115. The molecular formula is C21H27N5O3. The molecule has 1 amide bonds. The highest BCUT2D eigenvalue weighted by molar-refractivity contribution is 5.99. The van der Waals surface area contributed by atoms with Crippen LogP contribution in [0.5, 0.6) is 0 Å². The molecule has 1 fully saturated rings. The summed E-state index contributed by atoms with van der Waals surface area (Å²) in [5.74, 6) is 1.58. The molecule has 0 spiro atoms. The number of methoxy groups -OCH3 is 1. The molecule has 1 aliphatic carbocycles. The van der Waals surface area contributed by atoms with Gasteiger partial charge in [0.25, 0.3) is 0 Å². The fraction of sp³-hybridized carbons (Fsp3) is 0.524. The summed E-state index contributed by atoms with van der Waals surface area (Å²) in [5, 5.41) is 12.9. The normalized spacial score (nSPS) is 21.8. The summed E-state index contributed by atoms with van der Waals surface area (Å²) in [6, 6.07) is 3.67. The van der Waals surface area contributed by atoms with Crippen LogP contribution in [0.3, 0.4) is 0 Å². The standard InChI is InChI=1S/C21H27N5O3/c1-21(2,28)17-7-5-14(9-22-17)16-10-23-19-20(24-16)26(12-18(27)25-19)11-13-4-6-15(8-13)29-3/h5,7,9-10,13,15,28H,4,6,8,11-12H2,1-3H3,(H,23,25,27)/t13-,15-/m1/s1. The molecular weight excluding hydrogens is 370 g/mol. The van der Waals surface area contributed by atoms with Crippen LogP contribution in [0.15, 0.2) is 24.5 Å². The van der Waals surface area contributed by atoms with E-state index in [4.69, 9.17) is 9.72 Å². The van der Waals surface area contributed by atoms with E-state index in [0.717, 1.165) is 31.4 Å². The van der Waals surface area contributed by atoms with Crippen molar-refractivity contribution in [3.8, 4) is 11.3 Å². The third-order valence-electron chi connectivity index (χ3n) is 5.64. The molecule has 2 aromatic heterocycles. The number of nitrogens with zero attached hydrogens (tertiary/aromatic N) is 4. The number of pyridine rings is 1. The van der Waals surface area contributed by atoms with Gasteiger partial charge in [-0.3, -0.25) is 9.78 Å². The highest BCUT2D eigenvalue weighted by Crippen LogP contribution is 2.33. The topological polar surface area (TPSA) is 100 Å². The predicted molar refractivity (Wildman–Crippen MR) is 109 cm³/mol. The molecule has 2 N–H and O–H groups in total. The minimum atomic E-state index is -0.998. The maximum atomic E-state index is 12.1. The number of ether oxygens (including phenoxy) is 1. The Bertz CT molecular complexity index is 894. The Morgan fingerprint density at radius 1 is 1.28 bits per heavy atom. The summed E-state index contributed by atoms with van der Waals surface area (Å²) >= 11 is 0. The van der Waals surface area contributed by atoms with Crippen molar-refractivity contribution in [2.24, 2.45) is 5.92 Å². The van der Waals surface area contributed by atoms with Gasteiger partial charge >= 0.3 is 0 Å². The average Bonchev–Trinajstić information content (AvgIpc) is 3.15. The second kappa shape index (κ2) is 7.68. The Kier molecular flexibility index (Phi) is 5.23. The molecule has 4 rings (SSSR count). The Labute approximate surface area is 170 Å². The smallest absolute Gasteiger partial charge is 0.245 e. The minimum Gasteiger partial charge on any atom is -0.384 e. The number of anilines is 2. The zero-order valence-corrected chi connectivity index (χ0v) is 17.1. The molecule has 0 radical (unpaired) electrons. The molecule has 2 atom stereocenters. The van der Waals surface area contributed by atoms with Gasteiger partial charge in [-0.1, -0.05) is 0 Å². The zero-order valence-electron chi connectivity index (χ0n) is 17.1. The summed E-state index contributed by atoms with van der Waals surface area (Å²) in [5.41, 5.74) is 1.09. The molecule has 8 nitrogen and oxygen atoms in total. The van der Waals surface area contributed by atoms with Gasteiger partial charge in [-0.25, -0.2) is 9.97 Å². The van der Waals surface area contributed by atoms with E-state index in [-0.39, 0.29) is 12.5 Å². The number of nitrogens with one attached hydrogen (secondary N) is 1. The minimum absolute atomic E-state index is 0.0722. The lowest BCUT2D eigenvalue weighted by atomic mass is 10.0. The third-order valence-corrected chi connectivity index (χ3v) is 5.64. The van der Waals surface area contributed by atoms with Crippen LogP contribution in [-0.4, -0.2) is 52.3 Å². The van der Waals surface area contributed by atoms with Crippen molar-refractivity contribution in [1.29, 1.82) is 0 Å². The molecule has 0 saturated heterocycles. The van der Waals surface area contributed by atoms with E-state index < -0.39 is 5.60 Å². The number of hydrogen-bond donors (Lipinski definition) is 2. The Morgan fingerprint density at radius 3 is 2.76 bits per heavy atom. The lowest BCUT2D eigenvalue weighted by Crippen LogP contribution is -2.41. The molecule has 3 heterocycles. The van der Waals surface area contributed by atoms with Gasteiger partial charge in [-0.05, 0) is 51.2 Å². The van der Waals surface area contributed by atoms with Crippen LogP contribution in [0.4, 0.5) is 11.6 Å². The van der Waals surface area contributed by atoms with Gasteiger partial charge in [0.15, 0.2) is 11.6 Å². The Hall–Kier alpha value is -2.58. The first kappa shape index (κ1) is 19.7. The number of carbonyl (C=O) groups excluding carboxylic acids is 1. The van der Waals surface area contributed by atoms with Crippen LogP contribution in [0.25, 0.3) is 11.3 Å². The van der Waals surface area contributed by atoms with E-state index >= 15 is 0 Å². The Morgan fingerprint density at radius 2 is 2.10 bits per heavy atom. The van der Waals surface area contributed by atoms with Crippen LogP contribution < -0.4 is 10.2 Å². The van der Waals surface area contributed by atoms with Crippen molar-refractivity contribution in [2.75, 3.05) is 30.4 Å². The number of amides is 1. The van der Waals surface area contributed by atoms with Crippen molar-refractivity contribution in [3.05, 3.63) is 30.2 Å². The maximum Gasteiger partial charge on any atom is 0.245 e. The predicted octanol–water partition coefficient (Wildman–Crippen LogP) is 2.34. The highest BCUT2D eigenvalue weighted by atomic mass is 16.5.